The molecule has 0 aliphatic rings. The van der Waals surface area contributed by atoms with Crippen molar-refractivity contribution in [2.45, 2.75) is 72.8 Å². The lowest BCUT2D eigenvalue weighted by atomic mass is 9.86. The second kappa shape index (κ2) is 10.7. The molecule has 23 heavy (non-hydrogen) atoms. The van der Waals surface area contributed by atoms with Crippen molar-refractivity contribution in [1.29, 1.82) is 0 Å². The summed E-state index contributed by atoms with van der Waals surface area (Å²) in [5.74, 6) is 0.0480. The monoisotopic (exact) mass is 342 g/mol. The summed E-state index contributed by atoms with van der Waals surface area (Å²) in [6.45, 7) is 14.0. The maximum absolute atomic E-state index is 11.8. The van der Waals surface area contributed by atoms with E-state index in [0.717, 1.165) is 11.1 Å². The Bertz CT molecular complexity index is 478. The standard InChI is InChI=1S/C14H21O4P.C4H10/c1-9-6-7-11(14(3,4)5)12(8-9)17-13(15)10(2)18-19-16;1-3-4-2/h6-8,10,16,19H,1-5H3;3-4H2,1-2H3. The fourth-order valence-corrected chi connectivity index (χ4v) is 1.91. The van der Waals surface area contributed by atoms with E-state index in [1.54, 1.807) is 6.92 Å². The summed E-state index contributed by atoms with van der Waals surface area (Å²) in [7, 11) is -0.725. The molecule has 0 aliphatic heterocycles. The minimum Gasteiger partial charge on any atom is -0.424 e. The summed E-state index contributed by atoms with van der Waals surface area (Å²) in [6, 6.07) is 5.80. The second-order valence-electron chi connectivity index (χ2n) is 6.52. The third-order valence-corrected chi connectivity index (χ3v) is 3.68. The highest BCUT2D eigenvalue weighted by Crippen LogP contribution is 2.32. The zero-order valence-electron chi connectivity index (χ0n) is 15.4. The predicted molar refractivity (Wildman–Crippen MR) is 97.2 cm³/mol. The normalized spacial score (nSPS) is 12.7. The van der Waals surface area contributed by atoms with Crippen molar-refractivity contribution in [2.24, 2.45) is 0 Å². The molecule has 0 saturated carbocycles. The summed E-state index contributed by atoms with van der Waals surface area (Å²) in [5.41, 5.74) is 1.87. The number of aryl methyl sites for hydroxylation is 1. The molecule has 2 atom stereocenters. The van der Waals surface area contributed by atoms with Gasteiger partial charge in [0.1, 0.15) is 5.75 Å². The summed E-state index contributed by atoms with van der Waals surface area (Å²) in [6.07, 6.45) is 1.86. The molecule has 2 unspecified atom stereocenters. The summed E-state index contributed by atoms with van der Waals surface area (Å²) >= 11 is 0. The number of esters is 1. The average molecular weight is 342 g/mol. The average Bonchev–Trinajstić information content (AvgIpc) is 2.46. The smallest absolute Gasteiger partial charge is 0.340 e. The SMILES string of the molecule is CCCC.Cc1ccc(C(C)(C)C)c(OC(=O)C(C)OPO)c1. The summed E-state index contributed by atoms with van der Waals surface area (Å²) in [4.78, 5) is 20.5. The van der Waals surface area contributed by atoms with E-state index in [1.807, 2.05) is 25.1 Å². The first-order valence-electron chi connectivity index (χ1n) is 8.04. The van der Waals surface area contributed by atoms with Crippen LogP contribution < -0.4 is 4.74 Å². The number of carbonyl (C=O) groups is 1. The molecule has 4 nitrogen and oxygen atoms in total. The van der Waals surface area contributed by atoms with Gasteiger partial charge in [-0.1, -0.05) is 59.6 Å². The summed E-state index contributed by atoms with van der Waals surface area (Å²) in [5, 5.41) is 0. The molecule has 0 aliphatic carbocycles. The maximum Gasteiger partial charge on any atom is 0.340 e. The van der Waals surface area contributed by atoms with E-state index in [1.165, 1.54) is 12.8 Å². The Hall–Kier alpha value is -0.960. The highest BCUT2D eigenvalue weighted by Gasteiger charge is 2.23. The Balaban J connectivity index is 0.00000108. The van der Waals surface area contributed by atoms with Gasteiger partial charge in [-0.3, -0.25) is 0 Å². The first-order valence-corrected chi connectivity index (χ1v) is 8.90. The van der Waals surface area contributed by atoms with Crippen LogP contribution in [-0.2, 0) is 14.7 Å². The number of rotatable bonds is 5. The van der Waals surface area contributed by atoms with E-state index in [0.29, 0.717) is 5.75 Å². The topological polar surface area (TPSA) is 55.8 Å². The number of hydrogen-bond acceptors (Lipinski definition) is 4. The van der Waals surface area contributed by atoms with Crippen LogP contribution >= 0.6 is 9.03 Å². The Morgan fingerprint density at radius 2 is 1.83 bits per heavy atom. The van der Waals surface area contributed by atoms with Crippen molar-refractivity contribution < 1.29 is 18.9 Å². The van der Waals surface area contributed by atoms with Crippen molar-refractivity contribution in [1.82, 2.24) is 0 Å². The molecule has 1 N–H and O–H groups in total. The van der Waals surface area contributed by atoms with Gasteiger partial charge in [-0.25, -0.2) is 4.79 Å². The largest absolute Gasteiger partial charge is 0.424 e. The van der Waals surface area contributed by atoms with Crippen molar-refractivity contribution in [2.75, 3.05) is 0 Å². The second-order valence-corrected chi connectivity index (χ2v) is 6.94. The van der Waals surface area contributed by atoms with Gasteiger partial charge in [-0.15, -0.1) is 0 Å². The summed E-state index contributed by atoms with van der Waals surface area (Å²) < 4.78 is 10.2. The molecule has 1 aromatic carbocycles. The fourth-order valence-electron chi connectivity index (χ4n) is 1.65. The van der Waals surface area contributed by atoms with Gasteiger partial charge in [-0.05, 0) is 30.9 Å². The zero-order chi connectivity index (χ0) is 18.0. The quantitative estimate of drug-likeness (QED) is 0.469. The molecule has 0 fully saturated rings. The lowest BCUT2D eigenvalue weighted by Crippen LogP contribution is -2.25. The lowest BCUT2D eigenvalue weighted by molar-refractivity contribution is -0.141. The van der Waals surface area contributed by atoms with Crippen molar-refractivity contribution in [3.05, 3.63) is 29.3 Å². The van der Waals surface area contributed by atoms with Gasteiger partial charge in [-0.2, -0.15) is 0 Å². The van der Waals surface area contributed by atoms with Crippen molar-refractivity contribution in [3.8, 4) is 5.75 Å². The number of hydrogen-bond donors (Lipinski definition) is 1. The van der Waals surface area contributed by atoms with Crippen LogP contribution in [0.5, 0.6) is 5.75 Å². The lowest BCUT2D eigenvalue weighted by Gasteiger charge is -2.23. The number of unbranched alkanes of at least 4 members (excludes halogenated alkanes) is 1. The Kier molecular flexibility index (Phi) is 10.3. The number of benzene rings is 1. The molecule has 0 spiro atoms. The highest BCUT2D eigenvalue weighted by molar-refractivity contribution is 7.25. The third kappa shape index (κ3) is 8.45. The number of carbonyl (C=O) groups excluding carboxylic acids is 1. The van der Waals surface area contributed by atoms with Gasteiger partial charge in [0.2, 0.25) is 0 Å². The van der Waals surface area contributed by atoms with Crippen LogP contribution in [0.2, 0.25) is 0 Å². The van der Waals surface area contributed by atoms with Crippen LogP contribution in [0, 0.1) is 6.92 Å². The molecule has 0 bridgehead atoms. The van der Waals surface area contributed by atoms with Crippen LogP contribution in [0.25, 0.3) is 0 Å². The third-order valence-electron chi connectivity index (χ3n) is 3.22. The molecule has 5 heteroatoms. The van der Waals surface area contributed by atoms with Crippen LogP contribution in [0.3, 0.4) is 0 Å². The van der Waals surface area contributed by atoms with E-state index < -0.39 is 21.1 Å². The molecule has 1 aromatic rings. The van der Waals surface area contributed by atoms with Gasteiger partial charge in [0.25, 0.3) is 0 Å². The molecule has 1 rings (SSSR count). The van der Waals surface area contributed by atoms with E-state index in [2.05, 4.69) is 34.6 Å². The van der Waals surface area contributed by atoms with Gasteiger partial charge in [0, 0.05) is 5.56 Å². The number of ether oxygens (including phenoxy) is 1. The van der Waals surface area contributed by atoms with E-state index in [4.69, 9.17) is 14.2 Å². The molecule has 0 aromatic heterocycles. The molecule has 132 valence electrons. The van der Waals surface area contributed by atoms with Crippen LogP contribution in [0.15, 0.2) is 18.2 Å². The van der Waals surface area contributed by atoms with E-state index in [9.17, 15) is 4.79 Å². The van der Waals surface area contributed by atoms with E-state index in [-0.39, 0.29) is 5.41 Å². The Morgan fingerprint density at radius 1 is 1.26 bits per heavy atom. The van der Waals surface area contributed by atoms with Crippen LogP contribution in [0.1, 0.15) is 65.5 Å². The Morgan fingerprint density at radius 3 is 2.26 bits per heavy atom. The van der Waals surface area contributed by atoms with Gasteiger partial charge >= 0.3 is 5.97 Å². The fraction of sp³-hybridized carbons (Fsp3) is 0.611. The van der Waals surface area contributed by atoms with Crippen LogP contribution in [-0.4, -0.2) is 17.0 Å². The molecule has 0 amide bonds. The molecular formula is C18H31O4P. The maximum atomic E-state index is 11.8. The molecule has 0 saturated heterocycles. The van der Waals surface area contributed by atoms with E-state index >= 15 is 0 Å². The molecular weight excluding hydrogens is 311 g/mol. The van der Waals surface area contributed by atoms with Crippen molar-refractivity contribution >= 4 is 15.0 Å². The first kappa shape index (κ1) is 22.0. The highest BCUT2D eigenvalue weighted by atomic mass is 31.1. The zero-order valence-corrected chi connectivity index (χ0v) is 16.4. The molecule has 0 heterocycles. The molecule has 0 radical (unpaired) electrons. The van der Waals surface area contributed by atoms with Gasteiger partial charge in [0.15, 0.2) is 15.1 Å². The minimum atomic E-state index is -0.781. The van der Waals surface area contributed by atoms with Gasteiger partial charge in [0.05, 0.1) is 0 Å². The Labute approximate surface area is 142 Å². The first-order chi connectivity index (χ1) is 10.7. The van der Waals surface area contributed by atoms with Crippen molar-refractivity contribution in [3.63, 3.8) is 0 Å². The minimum absolute atomic E-state index is 0.119. The van der Waals surface area contributed by atoms with Crippen LogP contribution in [0.4, 0.5) is 0 Å². The van der Waals surface area contributed by atoms with Gasteiger partial charge < -0.3 is 14.2 Å². The predicted octanol–water partition coefficient (Wildman–Crippen LogP) is 4.91.